The average molecular weight is 438 g/mol. The van der Waals surface area contributed by atoms with Crippen molar-refractivity contribution in [3.63, 3.8) is 0 Å². The summed E-state index contributed by atoms with van der Waals surface area (Å²) in [5.74, 6) is -0.174. The lowest BCUT2D eigenvalue weighted by Crippen LogP contribution is -2.27. The number of ether oxygens (including phenoxy) is 1. The van der Waals surface area contributed by atoms with Crippen LogP contribution in [0.15, 0.2) is 66.1 Å². The number of para-hydroxylation sites is 1. The van der Waals surface area contributed by atoms with Gasteiger partial charge in [0.1, 0.15) is 11.4 Å². The smallest absolute Gasteiger partial charge is 0.233 e. The van der Waals surface area contributed by atoms with E-state index in [1.54, 1.807) is 35.0 Å². The van der Waals surface area contributed by atoms with E-state index in [1.807, 2.05) is 30.3 Å². The van der Waals surface area contributed by atoms with Crippen LogP contribution in [-0.2, 0) is 11.3 Å². The fourth-order valence-electron chi connectivity index (χ4n) is 3.11. The minimum Gasteiger partial charge on any atom is -0.494 e. The lowest BCUT2D eigenvalue weighted by Gasteiger charge is -2.17. The van der Waals surface area contributed by atoms with Gasteiger partial charge in [0.15, 0.2) is 17.2 Å². The third kappa shape index (κ3) is 4.51. The molecule has 2 aromatic heterocycles. The van der Waals surface area contributed by atoms with Crippen molar-refractivity contribution in [2.24, 2.45) is 0 Å². The first-order valence-corrected chi connectivity index (χ1v) is 10.5. The number of fused-ring (bicyclic) bond motifs is 1. The van der Waals surface area contributed by atoms with Gasteiger partial charge in [0, 0.05) is 13.6 Å². The summed E-state index contributed by atoms with van der Waals surface area (Å²) in [4.78, 5) is 22.8. The Hall–Kier alpha value is -3.46. The maximum absolute atomic E-state index is 13.9. The molecule has 158 valence electrons. The van der Waals surface area contributed by atoms with Crippen molar-refractivity contribution < 1.29 is 13.9 Å². The van der Waals surface area contributed by atoms with Crippen LogP contribution in [0, 0.1) is 5.82 Å². The second-order valence-corrected chi connectivity index (χ2v) is 7.78. The first-order chi connectivity index (χ1) is 15.1. The van der Waals surface area contributed by atoms with Crippen molar-refractivity contribution in [2.45, 2.75) is 11.6 Å². The quantitative estimate of drug-likeness (QED) is 0.324. The summed E-state index contributed by atoms with van der Waals surface area (Å²) in [6.07, 6.45) is 3.18. The molecule has 2 aromatic carbocycles. The molecule has 0 bridgehead atoms. The van der Waals surface area contributed by atoms with Crippen molar-refractivity contribution in [1.29, 1.82) is 0 Å². The van der Waals surface area contributed by atoms with Gasteiger partial charge in [-0.05, 0) is 29.8 Å². The van der Waals surface area contributed by atoms with Gasteiger partial charge in [-0.15, -0.1) is 0 Å². The van der Waals surface area contributed by atoms with Crippen molar-refractivity contribution >= 4 is 28.7 Å². The first kappa shape index (κ1) is 20.8. The number of nitrogens with zero attached hydrogens (tertiary/aromatic N) is 5. The molecule has 0 aliphatic heterocycles. The number of aromatic nitrogens is 4. The normalized spacial score (nSPS) is 10.9. The molecule has 4 aromatic rings. The third-order valence-electron chi connectivity index (χ3n) is 4.72. The molecule has 4 rings (SSSR count). The molecule has 0 spiro atoms. The Kier molecular flexibility index (Phi) is 6.13. The second-order valence-electron chi connectivity index (χ2n) is 6.82. The van der Waals surface area contributed by atoms with Crippen LogP contribution in [0.25, 0.3) is 16.7 Å². The van der Waals surface area contributed by atoms with E-state index in [0.29, 0.717) is 22.8 Å². The zero-order valence-corrected chi connectivity index (χ0v) is 17.8. The Morgan fingerprint density at radius 3 is 2.74 bits per heavy atom. The Labute approximate surface area is 182 Å². The summed E-state index contributed by atoms with van der Waals surface area (Å²) in [7, 11) is 3.10. The maximum atomic E-state index is 13.9. The summed E-state index contributed by atoms with van der Waals surface area (Å²) >= 11 is 1.32. The van der Waals surface area contributed by atoms with E-state index in [2.05, 4.69) is 15.1 Å². The second kappa shape index (κ2) is 9.13. The minimum absolute atomic E-state index is 0.0940. The molecule has 0 saturated carbocycles. The van der Waals surface area contributed by atoms with Crippen LogP contribution in [0.1, 0.15) is 5.56 Å². The molecule has 0 unspecified atom stereocenters. The van der Waals surface area contributed by atoms with Gasteiger partial charge in [-0.1, -0.05) is 36.0 Å². The van der Waals surface area contributed by atoms with Gasteiger partial charge in [-0.3, -0.25) is 4.79 Å². The average Bonchev–Trinajstić information content (AvgIpc) is 3.23. The number of methoxy groups -OCH3 is 1. The molecule has 0 aliphatic carbocycles. The van der Waals surface area contributed by atoms with E-state index < -0.39 is 5.82 Å². The molecule has 9 heteroatoms. The van der Waals surface area contributed by atoms with E-state index in [0.717, 1.165) is 11.1 Å². The molecule has 31 heavy (non-hydrogen) atoms. The Morgan fingerprint density at radius 1 is 1.19 bits per heavy atom. The van der Waals surface area contributed by atoms with E-state index >= 15 is 0 Å². The fourth-order valence-corrected chi connectivity index (χ4v) is 4.01. The molecule has 0 radical (unpaired) electrons. The Balaban J connectivity index is 1.44. The van der Waals surface area contributed by atoms with Crippen LogP contribution in [0.2, 0.25) is 0 Å². The van der Waals surface area contributed by atoms with Gasteiger partial charge in [0.05, 0.1) is 30.1 Å². The monoisotopic (exact) mass is 437 g/mol. The van der Waals surface area contributed by atoms with Crippen LogP contribution in [0.3, 0.4) is 0 Å². The van der Waals surface area contributed by atoms with Crippen LogP contribution in [0.5, 0.6) is 5.75 Å². The molecule has 0 atom stereocenters. The molecule has 0 saturated heterocycles. The predicted molar refractivity (Wildman–Crippen MR) is 117 cm³/mol. The van der Waals surface area contributed by atoms with E-state index in [-0.39, 0.29) is 17.4 Å². The Morgan fingerprint density at radius 2 is 2.00 bits per heavy atom. The number of amides is 1. The molecular formula is C22H20FN5O2S. The number of hydrogen-bond acceptors (Lipinski definition) is 6. The Bertz CT molecular complexity index is 1220. The van der Waals surface area contributed by atoms with Gasteiger partial charge in [-0.2, -0.15) is 5.10 Å². The first-order valence-electron chi connectivity index (χ1n) is 9.50. The maximum Gasteiger partial charge on any atom is 0.233 e. The van der Waals surface area contributed by atoms with Crippen LogP contribution in [0.4, 0.5) is 4.39 Å². The van der Waals surface area contributed by atoms with E-state index in [4.69, 9.17) is 4.74 Å². The van der Waals surface area contributed by atoms with Crippen molar-refractivity contribution in [2.75, 3.05) is 19.9 Å². The van der Waals surface area contributed by atoms with Crippen LogP contribution in [-0.4, -0.2) is 50.5 Å². The van der Waals surface area contributed by atoms with Gasteiger partial charge in [-0.25, -0.2) is 19.0 Å². The van der Waals surface area contributed by atoms with Crippen molar-refractivity contribution in [3.8, 4) is 11.4 Å². The van der Waals surface area contributed by atoms with Crippen molar-refractivity contribution in [1.82, 2.24) is 24.6 Å². The largest absolute Gasteiger partial charge is 0.494 e. The zero-order chi connectivity index (χ0) is 21.8. The third-order valence-corrected chi connectivity index (χ3v) is 5.71. The summed E-state index contributed by atoms with van der Waals surface area (Å²) in [6.45, 7) is 0.297. The van der Waals surface area contributed by atoms with Crippen LogP contribution < -0.4 is 4.74 Å². The molecule has 0 aliphatic rings. The van der Waals surface area contributed by atoms with Gasteiger partial charge in [0.2, 0.25) is 5.91 Å². The summed E-state index contributed by atoms with van der Waals surface area (Å²) in [5, 5.41) is 5.89. The summed E-state index contributed by atoms with van der Waals surface area (Å²) in [5.41, 5.74) is 2.26. The lowest BCUT2D eigenvalue weighted by molar-refractivity contribution is -0.127. The highest BCUT2D eigenvalue weighted by molar-refractivity contribution is 8.00. The number of benzene rings is 2. The van der Waals surface area contributed by atoms with Crippen molar-refractivity contribution in [3.05, 3.63) is 72.4 Å². The standard InChI is InChI=1S/C22H20FN5O2S/c1-27(12-15-8-9-19(30-2)18(23)10-15)20(29)13-31-22-17-11-26-28(21(17)24-14-25-22)16-6-4-3-5-7-16/h3-11,14H,12-13H2,1-2H3. The molecular weight excluding hydrogens is 417 g/mol. The highest BCUT2D eigenvalue weighted by Crippen LogP contribution is 2.26. The highest BCUT2D eigenvalue weighted by atomic mass is 32.2. The zero-order valence-electron chi connectivity index (χ0n) is 17.0. The van der Waals surface area contributed by atoms with Gasteiger partial charge < -0.3 is 9.64 Å². The molecule has 1 amide bonds. The summed E-state index contributed by atoms with van der Waals surface area (Å²) in [6, 6.07) is 14.4. The van der Waals surface area contributed by atoms with Gasteiger partial charge in [0.25, 0.3) is 0 Å². The summed E-state index contributed by atoms with van der Waals surface area (Å²) < 4.78 is 20.6. The molecule has 7 nitrogen and oxygen atoms in total. The number of hydrogen-bond donors (Lipinski definition) is 0. The number of carbonyl (C=O) groups is 1. The minimum atomic E-state index is -0.450. The lowest BCUT2D eigenvalue weighted by atomic mass is 10.2. The number of rotatable bonds is 7. The highest BCUT2D eigenvalue weighted by Gasteiger charge is 2.15. The predicted octanol–water partition coefficient (Wildman–Crippen LogP) is 3.71. The topological polar surface area (TPSA) is 73.1 Å². The SMILES string of the molecule is COc1ccc(CN(C)C(=O)CSc2ncnc3c2cnn3-c2ccccc2)cc1F. The molecule has 0 fully saturated rings. The van der Waals surface area contributed by atoms with E-state index in [1.165, 1.54) is 31.3 Å². The number of thioether (sulfide) groups is 1. The molecule has 0 N–H and O–H groups in total. The van der Waals surface area contributed by atoms with Gasteiger partial charge >= 0.3 is 0 Å². The molecule has 2 heterocycles. The van der Waals surface area contributed by atoms with Crippen LogP contribution >= 0.6 is 11.8 Å². The number of carbonyl (C=O) groups excluding carboxylic acids is 1. The number of halogens is 1. The van der Waals surface area contributed by atoms with E-state index in [9.17, 15) is 9.18 Å². The fraction of sp³-hybridized carbons (Fsp3) is 0.182.